The average molecular weight is 420 g/mol. The number of nitrogens with zero attached hydrogens (tertiary/aromatic N) is 1. The van der Waals surface area contributed by atoms with E-state index in [9.17, 15) is 9.59 Å². The van der Waals surface area contributed by atoms with Gasteiger partial charge in [0.1, 0.15) is 0 Å². The normalized spacial score (nSPS) is 11.0. The summed E-state index contributed by atoms with van der Waals surface area (Å²) >= 11 is 0. The SMILES string of the molecule is CCN(Cc1ccc(C(=O)NCc2ccc(NC(=O)c3ccco3)cc2)cc1)C(C)C. The highest BCUT2D eigenvalue weighted by Crippen LogP contribution is 2.13. The topological polar surface area (TPSA) is 74.6 Å². The van der Waals surface area contributed by atoms with Gasteiger partial charge in [0.25, 0.3) is 11.8 Å². The molecule has 0 atom stereocenters. The third-order valence-corrected chi connectivity index (χ3v) is 5.15. The summed E-state index contributed by atoms with van der Waals surface area (Å²) in [4.78, 5) is 26.8. The molecule has 0 aliphatic heterocycles. The minimum Gasteiger partial charge on any atom is -0.459 e. The second-order valence-electron chi connectivity index (χ2n) is 7.66. The molecule has 0 saturated carbocycles. The van der Waals surface area contributed by atoms with Gasteiger partial charge in [-0.3, -0.25) is 14.5 Å². The van der Waals surface area contributed by atoms with E-state index in [0.717, 1.165) is 18.7 Å². The lowest BCUT2D eigenvalue weighted by atomic mass is 10.1. The van der Waals surface area contributed by atoms with Crippen LogP contribution in [0.1, 0.15) is 52.8 Å². The molecule has 6 nitrogen and oxygen atoms in total. The number of carbonyl (C=O) groups excluding carboxylic acids is 2. The summed E-state index contributed by atoms with van der Waals surface area (Å²) < 4.78 is 5.08. The van der Waals surface area contributed by atoms with Crippen molar-refractivity contribution in [2.24, 2.45) is 0 Å². The molecule has 0 saturated heterocycles. The van der Waals surface area contributed by atoms with E-state index in [2.05, 4.69) is 36.3 Å². The maximum Gasteiger partial charge on any atom is 0.291 e. The van der Waals surface area contributed by atoms with E-state index in [0.29, 0.717) is 23.8 Å². The molecule has 0 aliphatic carbocycles. The first-order valence-corrected chi connectivity index (χ1v) is 10.5. The minimum absolute atomic E-state index is 0.113. The van der Waals surface area contributed by atoms with Gasteiger partial charge in [0.15, 0.2) is 5.76 Å². The Morgan fingerprint density at radius 1 is 0.935 bits per heavy atom. The molecule has 0 aliphatic rings. The number of carbonyl (C=O) groups is 2. The first-order valence-electron chi connectivity index (χ1n) is 10.5. The van der Waals surface area contributed by atoms with E-state index in [-0.39, 0.29) is 17.6 Å². The number of rotatable bonds is 9. The fraction of sp³-hybridized carbons (Fsp3) is 0.280. The minimum atomic E-state index is -0.301. The van der Waals surface area contributed by atoms with E-state index >= 15 is 0 Å². The predicted octanol–water partition coefficient (Wildman–Crippen LogP) is 4.69. The van der Waals surface area contributed by atoms with Gasteiger partial charge in [0, 0.05) is 30.4 Å². The molecular weight excluding hydrogens is 390 g/mol. The second kappa shape index (κ2) is 10.6. The van der Waals surface area contributed by atoms with Crippen LogP contribution in [0.15, 0.2) is 71.3 Å². The van der Waals surface area contributed by atoms with Crippen LogP contribution in [0.2, 0.25) is 0 Å². The van der Waals surface area contributed by atoms with E-state index in [1.165, 1.54) is 11.8 Å². The lowest BCUT2D eigenvalue weighted by molar-refractivity contribution is 0.0949. The monoisotopic (exact) mass is 419 g/mol. The molecule has 0 bridgehead atoms. The summed E-state index contributed by atoms with van der Waals surface area (Å²) in [5, 5.41) is 5.70. The van der Waals surface area contributed by atoms with Gasteiger partial charge >= 0.3 is 0 Å². The average Bonchev–Trinajstić information content (AvgIpc) is 3.32. The Bertz CT molecular complexity index is 978. The van der Waals surface area contributed by atoms with Crippen LogP contribution in [0.3, 0.4) is 0 Å². The highest BCUT2D eigenvalue weighted by Gasteiger charge is 2.10. The highest BCUT2D eigenvalue weighted by atomic mass is 16.3. The van der Waals surface area contributed by atoms with E-state index in [1.807, 2.05) is 36.4 Å². The number of furan rings is 1. The lowest BCUT2D eigenvalue weighted by Crippen LogP contribution is -2.30. The van der Waals surface area contributed by atoms with Gasteiger partial charge in [-0.1, -0.05) is 31.2 Å². The number of amides is 2. The fourth-order valence-corrected chi connectivity index (χ4v) is 3.25. The summed E-state index contributed by atoms with van der Waals surface area (Å²) in [6.07, 6.45) is 1.46. The molecule has 2 amide bonds. The third-order valence-electron chi connectivity index (χ3n) is 5.15. The standard InChI is InChI=1S/C25H29N3O3/c1-4-28(18(2)3)17-20-7-11-21(12-8-20)24(29)26-16-19-9-13-22(14-10-19)27-25(30)23-6-5-15-31-23/h5-15,18H,4,16-17H2,1-3H3,(H,26,29)(H,27,30). The van der Waals surface area contributed by atoms with Crippen LogP contribution in [0.5, 0.6) is 0 Å². The zero-order chi connectivity index (χ0) is 22.2. The molecule has 3 aromatic rings. The van der Waals surface area contributed by atoms with E-state index in [4.69, 9.17) is 4.42 Å². The van der Waals surface area contributed by atoms with E-state index in [1.54, 1.807) is 24.3 Å². The summed E-state index contributed by atoms with van der Waals surface area (Å²) in [6.45, 7) is 8.80. The summed E-state index contributed by atoms with van der Waals surface area (Å²) in [5.41, 5.74) is 3.43. The third kappa shape index (κ3) is 6.30. The predicted molar refractivity (Wildman–Crippen MR) is 122 cm³/mol. The van der Waals surface area contributed by atoms with Gasteiger partial charge in [-0.15, -0.1) is 0 Å². The van der Waals surface area contributed by atoms with Crippen LogP contribution in [-0.2, 0) is 13.1 Å². The van der Waals surface area contributed by atoms with Crippen molar-refractivity contribution in [3.63, 3.8) is 0 Å². The molecule has 0 radical (unpaired) electrons. The van der Waals surface area contributed by atoms with Gasteiger partial charge in [-0.05, 0) is 67.9 Å². The van der Waals surface area contributed by atoms with Crippen molar-refractivity contribution in [2.45, 2.75) is 39.9 Å². The number of anilines is 1. The molecule has 6 heteroatoms. The first kappa shape index (κ1) is 22.3. The fourth-order valence-electron chi connectivity index (χ4n) is 3.25. The summed E-state index contributed by atoms with van der Waals surface area (Å²) in [6, 6.07) is 18.8. The van der Waals surface area contributed by atoms with Gasteiger partial charge in [-0.2, -0.15) is 0 Å². The Morgan fingerprint density at radius 2 is 1.61 bits per heavy atom. The number of hydrogen-bond donors (Lipinski definition) is 2. The summed E-state index contributed by atoms with van der Waals surface area (Å²) in [7, 11) is 0. The largest absolute Gasteiger partial charge is 0.459 e. The van der Waals surface area contributed by atoms with Gasteiger partial charge in [-0.25, -0.2) is 0 Å². The van der Waals surface area contributed by atoms with Crippen LogP contribution >= 0.6 is 0 Å². The Balaban J connectivity index is 1.50. The van der Waals surface area contributed by atoms with Crippen molar-refractivity contribution in [3.05, 3.63) is 89.4 Å². The lowest BCUT2D eigenvalue weighted by Gasteiger charge is -2.24. The zero-order valence-corrected chi connectivity index (χ0v) is 18.2. The van der Waals surface area contributed by atoms with Crippen molar-refractivity contribution >= 4 is 17.5 Å². The van der Waals surface area contributed by atoms with Crippen molar-refractivity contribution in [1.29, 1.82) is 0 Å². The van der Waals surface area contributed by atoms with Crippen LogP contribution < -0.4 is 10.6 Å². The molecule has 0 fully saturated rings. The molecule has 0 unspecified atom stereocenters. The van der Waals surface area contributed by atoms with Gasteiger partial charge < -0.3 is 15.1 Å². The smallest absolute Gasteiger partial charge is 0.291 e. The molecule has 1 aromatic heterocycles. The van der Waals surface area contributed by atoms with E-state index < -0.39 is 0 Å². The molecule has 1 heterocycles. The van der Waals surface area contributed by atoms with Crippen molar-refractivity contribution in [2.75, 3.05) is 11.9 Å². The molecule has 2 aromatic carbocycles. The van der Waals surface area contributed by atoms with Crippen molar-refractivity contribution < 1.29 is 14.0 Å². The maximum absolute atomic E-state index is 12.5. The van der Waals surface area contributed by atoms with Crippen molar-refractivity contribution in [1.82, 2.24) is 10.2 Å². The molecule has 31 heavy (non-hydrogen) atoms. The second-order valence-corrected chi connectivity index (χ2v) is 7.66. The molecule has 0 spiro atoms. The Morgan fingerprint density at radius 3 is 2.19 bits per heavy atom. The summed E-state index contributed by atoms with van der Waals surface area (Å²) in [5.74, 6) is -0.156. The van der Waals surface area contributed by atoms with Gasteiger partial charge in [0.05, 0.1) is 6.26 Å². The zero-order valence-electron chi connectivity index (χ0n) is 18.2. The molecule has 3 rings (SSSR count). The van der Waals surface area contributed by atoms with Gasteiger partial charge in [0.2, 0.25) is 0 Å². The molecular formula is C25H29N3O3. The van der Waals surface area contributed by atoms with Crippen LogP contribution in [0.25, 0.3) is 0 Å². The Kier molecular flexibility index (Phi) is 7.62. The number of benzene rings is 2. The number of nitrogens with one attached hydrogen (secondary N) is 2. The molecule has 162 valence electrons. The maximum atomic E-state index is 12.5. The Labute approximate surface area is 183 Å². The van der Waals surface area contributed by atoms with Crippen molar-refractivity contribution in [3.8, 4) is 0 Å². The molecule has 2 N–H and O–H groups in total. The Hall–Kier alpha value is -3.38. The number of hydrogen-bond acceptors (Lipinski definition) is 4. The van der Waals surface area contributed by atoms with Crippen LogP contribution in [0, 0.1) is 0 Å². The van der Waals surface area contributed by atoms with Crippen LogP contribution in [-0.4, -0.2) is 29.3 Å². The highest BCUT2D eigenvalue weighted by molar-refractivity contribution is 6.02. The quantitative estimate of drug-likeness (QED) is 0.528. The van der Waals surface area contributed by atoms with Crippen LogP contribution in [0.4, 0.5) is 5.69 Å². The first-order chi connectivity index (χ1) is 15.0.